The van der Waals surface area contributed by atoms with Gasteiger partial charge in [-0.2, -0.15) is 0 Å². The lowest BCUT2D eigenvalue weighted by atomic mass is 9.90. The summed E-state index contributed by atoms with van der Waals surface area (Å²) in [5, 5.41) is 10.2. The molecule has 20 heavy (non-hydrogen) atoms. The van der Waals surface area contributed by atoms with Gasteiger partial charge in [-0.05, 0) is 24.8 Å². The van der Waals surface area contributed by atoms with Crippen molar-refractivity contribution in [2.24, 2.45) is 11.7 Å². The molecular formula is C14H18F3NO2. The van der Waals surface area contributed by atoms with Gasteiger partial charge >= 0.3 is 6.36 Å². The summed E-state index contributed by atoms with van der Waals surface area (Å²) in [4.78, 5) is 0. The molecule has 0 spiro atoms. The Morgan fingerprint density at radius 3 is 2.40 bits per heavy atom. The molecule has 3 N–H and O–H groups in total. The van der Waals surface area contributed by atoms with Gasteiger partial charge in [0.25, 0.3) is 0 Å². The molecule has 6 heteroatoms. The number of hydrogen-bond donors (Lipinski definition) is 2. The molecule has 0 amide bonds. The van der Waals surface area contributed by atoms with Gasteiger partial charge in [0, 0.05) is 5.56 Å². The van der Waals surface area contributed by atoms with Crippen LogP contribution in [0.4, 0.5) is 13.2 Å². The molecule has 112 valence electrons. The minimum absolute atomic E-state index is 0.0453. The molecule has 1 aliphatic carbocycles. The number of benzene rings is 1. The number of hydrogen-bond acceptors (Lipinski definition) is 3. The van der Waals surface area contributed by atoms with Gasteiger partial charge < -0.3 is 15.6 Å². The zero-order valence-electron chi connectivity index (χ0n) is 10.9. The van der Waals surface area contributed by atoms with E-state index in [0.29, 0.717) is 0 Å². The van der Waals surface area contributed by atoms with Crippen molar-refractivity contribution in [1.82, 2.24) is 0 Å². The first-order valence-corrected chi connectivity index (χ1v) is 6.67. The molecule has 1 saturated carbocycles. The second-order valence-electron chi connectivity index (χ2n) is 5.15. The predicted octanol–water partition coefficient (Wildman–Crippen LogP) is 3.14. The van der Waals surface area contributed by atoms with E-state index in [0.717, 1.165) is 25.7 Å². The van der Waals surface area contributed by atoms with Gasteiger partial charge in [-0.25, -0.2) is 0 Å². The number of aliphatic hydroxyl groups excluding tert-OH is 1. The Labute approximate surface area is 115 Å². The smallest absolute Gasteiger partial charge is 0.405 e. The van der Waals surface area contributed by atoms with Crippen LogP contribution in [0.25, 0.3) is 0 Å². The summed E-state index contributed by atoms with van der Waals surface area (Å²) in [6.45, 7) is 0. The van der Waals surface area contributed by atoms with E-state index in [-0.39, 0.29) is 17.2 Å². The average Bonchev–Trinajstić information content (AvgIpc) is 2.89. The third-order valence-electron chi connectivity index (χ3n) is 3.75. The van der Waals surface area contributed by atoms with Gasteiger partial charge in [-0.15, -0.1) is 13.2 Å². The highest BCUT2D eigenvalue weighted by Crippen LogP contribution is 2.36. The monoisotopic (exact) mass is 289 g/mol. The minimum atomic E-state index is -4.77. The second-order valence-corrected chi connectivity index (χ2v) is 5.15. The standard InChI is InChI=1S/C14H18F3NO2/c15-14(16,17)20-11-8-4-3-7-10(11)12(18)13(19)9-5-1-2-6-9/h3-4,7-9,12-13,19H,1-2,5-6,18H2/t12-,13+/m0/s1. The zero-order valence-corrected chi connectivity index (χ0v) is 10.9. The Kier molecular flexibility index (Phi) is 4.55. The highest BCUT2D eigenvalue weighted by molar-refractivity contribution is 5.36. The Bertz CT molecular complexity index is 444. The topological polar surface area (TPSA) is 55.5 Å². The molecule has 0 aromatic heterocycles. The lowest BCUT2D eigenvalue weighted by Gasteiger charge is -2.26. The fourth-order valence-corrected chi connectivity index (χ4v) is 2.75. The Morgan fingerprint density at radius 1 is 1.20 bits per heavy atom. The van der Waals surface area contributed by atoms with Crippen LogP contribution >= 0.6 is 0 Å². The van der Waals surface area contributed by atoms with Crippen LogP contribution in [-0.2, 0) is 0 Å². The number of halogens is 3. The predicted molar refractivity (Wildman–Crippen MR) is 68.0 cm³/mol. The fourth-order valence-electron chi connectivity index (χ4n) is 2.75. The first kappa shape index (κ1) is 15.1. The summed E-state index contributed by atoms with van der Waals surface area (Å²) >= 11 is 0. The van der Waals surface area contributed by atoms with Gasteiger partial charge in [-0.1, -0.05) is 31.0 Å². The normalized spacial score (nSPS) is 19.9. The van der Waals surface area contributed by atoms with Crippen LogP contribution in [0, 0.1) is 5.92 Å². The quantitative estimate of drug-likeness (QED) is 0.895. The lowest BCUT2D eigenvalue weighted by molar-refractivity contribution is -0.275. The fraction of sp³-hybridized carbons (Fsp3) is 0.571. The largest absolute Gasteiger partial charge is 0.573 e. The molecule has 0 bridgehead atoms. The van der Waals surface area contributed by atoms with Crippen LogP contribution in [0.2, 0.25) is 0 Å². The maximum atomic E-state index is 12.4. The number of alkyl halides is 3. The number of ether oxygens (including phenoxy) is 1. The SMILES string of the molecule is N[C@@H](c1ccccc1OC(F)(F)F)[C@H](O)C1CCCC1. The molecule has 3 nitrogen and oxygen atoms in total. The van der Waals surface area contributed by atoms with E-state index >= 15 is 0 Å². The van der Waals surface area contributed by atoms with Gasteiger partial charge in [0.1, 0.15) is 5.75 Å². The first-order valence-electron chi connectivity index (χ1n) is 6.67. The Balaban J connectivity index is 2.18. The van der Waals surface area contributed by atoms with Crippen LogP contribution < -0.4 is 10.5 Å². The molecule has 0 saturated heterocycles. The molecule has 1 aromatic carbocycles. The molecule has 1 fully saturated rings. The summed E-state index contributed by atoms with van der Waals surface area (Å²) in [5.41, 5.74) is 6.13. The maximum Gasteiger partial charge on any atom is 0.573 e. The van der Waals surface area contributed by atoms with E-state index in [9.17, 15) is 18.3 Å². The zero-order chi connectivity index (χ0) is 14.8. The van der Waals surface area contributed by atoms with Crippen molar-refractivity contribution in [2.45, 2.75) is 44.2 Å². The van der Waals surface area contributed by atoms with E-state index in [1.165, 1.54) is 18.2 Å². The van der Waals surface area contributed by atoms with Crippen molar-refractivity contribution < 1.29 is 23.0 Å². The molecule has 1 aromatic rings. The summed E-state index contributed by atoms with van der Waals surface area (Å²) in [6.07, 6.45) is -1.86. The van der Waals surface area contributed by atoms with E-state index in [1.54, 1.807) is 6.07 Å². The Morgan fingerprint density at radius 2 is 1.80 bits per heavy atom. The van der Waals surface area contributed by atoms with E-state index in [1.807, 2.05) is 0 Å². The molecule has 0 radical (unpaired) electrons. The van der Waals surface area contributed by atoms with Crippen LogP contribution in [0.15, 0.2) is 24.3 Å². The van der Waals surface area contributed by atoms with Crippen LogP contribution in [-0.4, -0.2) is 17.6 Å². The summed E-state index contributed by atoms with van der Waals surface area (Å²) in [7, 11) is 0. The maximum absolute atomic E-state index is 12.4. The van der Waals surface area contributed by atoms with Gasteiger partial charge in [-0.3, -0.25) is 0 Å². The highest BCUT2D eigenvalue weighted by atomic mass is 19.4. The van der Waals surface area contributed by atoms with Crippen molar-refractivity contribution in [3.8, 4) is 5.75 Å². The van der Waals surface area contributed by atoms with Crippen LogP contribution in [0.5, 0.6) is 5.75 Å². The van der Waals surface area contributed by atoms with Gasteiger partial charge in [0.2, 0.25) is 0 Å². The van der Waals surface area contributed by atoms with Gasteiger partial charge in [0.05, 0.1) is 12.1 Å². The summed E-state index contributed by atoms with van der Waals surface area (Å²) in [5.74, 6) is -0.298. The lowest BCUT2D eigenvalue weighted by Crippen LogP contribution is -2.32. The van der Waals surface area contributed by atoms with Crippen LogP contribution in [0.1, 0.15) is 37.3 Å². The minimum Gasteiger partial charge on any atom is -0.405 e. The first-order chi connectivity index (χ1) is 9.38. The molecule has 0 unspecified atom stereocenters. The third kappa shape index (κ3) is 3.64. The van der Waals surface area contributed by atoms with E-state index in [4.69, 9.17) is 5.73 Å². The summed E-state index contributed by atoms with van der Waals surface area (Å²) in [6, 6.07) is 4.82. The second kappa shape index (κ2) is 6.01. The average molecular weight is 289 g/mol. The number of nitrogens with two attached hydrogens (primary N) is 1. The molecule has 1 aliphatic rings. The highest BCUT2D eigenvalue weighted by Gasteiger charge is 2.35. The van der Waals surface area contributed by atoms with Crippen molar-refractivity contribution in [2.75, 3.05) is 0 Å². The summed E-state index contributed by atoms with van der Waals surface area (Å²) < 4.78 is 41.1. The molecule has 0 aliphatic heterocycles. The van der Waals surface area contributed by atoms with Gasteiger partial charge in [0.15, 0.2) is 0 Å². The molecule has 2 rings (SSSR count). The van der Waals surface area contributed by atoms with Crippen molar-refractivity contribution in [1.29, 1.82) is 0 Å². The number of rotatable bonds is 4. The van der Waals surface area contributed by atoms with Crippen LogP contribution in [0.3, 0.4) is 0 Å². The number of aliphatic hydroxyl groups is 1. The molecule has 2 atom stereocenters. The molecule has 0 heterocycles. The van der Waals surface area contributed by atoms with E-state index < -0.39 is 18.5 Å². The molecular weight excluding hydrogens is 271 g/mol. The van der Waals surface area contributed by atoms with Crippen molar-refractivity contribution in [3.05, 3.63) is 29.8 Å². The number of para-hydroxylation sites is 1. The van der Waals surface area contributed by atoms with Crippen molar-refractivity contribution in [3.63, 3.8) is 0 Å². The van der Waals surface area contributed by atoms with Crippen molar-refractivity contribution >= 4 is 0 Å². The van der Waals surface area contributed by atoms with E-state index in [2.05, 4.69) is 4.74 Å². The Hall–Kier alpha value is -1.27. The third-order valence-corrected chi connectivity index (χ3v) is 3.75.